The summed E-state index contributed by atoms with van der Waals surface area (Å²) in [5, 5.41) is 3.14. The molecular formula is C17H21ClN4O3. The van der Waals surface area contributed by atoms with E-state index in [2.05, 4.69) is 10.3 Å². The Hall–Kier alpha value is -2.28. The fourth-order valence-electron chi connectivity index (χ4n) is 3.06. The van der Waals surface area contributed by atoms with Gasteiger partial charge in [-0.15, -0.1) is 0 Å². The van der Waals surface area contributed by atoms with Crippen LogP contribution >= 0.6 is 11.6 Å². The first-order valence-corrected chi connectivity index (χ1v) is 8.62. The van der Waals surface area contributed by atoms with Crippen molar-refractivity contribution in [2.45, 2.75) is 12.8 Å². The zero-order valence-electron chi connectivity index (χ0n) is 14.3. The summed E-state index contributed by atoms with van der Waals surface area (Å²) in [5.74, 6) is -0.395. The average Bonchev–Trinajstić information content (AvgIpc) is 3.04. The molecule has 2 amide bonds. The predicted octanol–water partition coefficient (Wildman–Crippen LogP) is 1.90. The number of rotatable bonds is 4. The van der Waals surface area contributed by atoms with E-state index >= 15 is 0 Å². The largest absolute Gasteiger partial charge is 0.423 e. The van der Waals surface area contributed by atoms with E-state index < -0.39 is 0 Å². The topological polar surface area (TPSA) is 78.7 Å². The highest BCUT2D eigenvalue weighted by Crippen LogP contribution is 2.28. The SMILES string of the molecule is CNC(=O)CN(C)C(=O)C1CCCN(c2nc3cc(Cl)ccc3o2)C1. The lowest BCUT2D eigenvalue weighted by molar-refractivity contribution is -0.138. The minimum Gasteiger partial charge on any atom is -0.423 e. The van der Waals surface area contributed by atoms with Crippen LogP contribution in [0.4, 0.5) is 6.01 Å². The molecule has 3 rings (SSSR count). The molecule has 1 N–H and O–H groups in total. The van der Waals surface area contributed by atoms with Gasteiger partial charge in [0.25, 0.3) is 6.01 Å². The van der Waals surface area contributed by atoms with Gasteiger partial charge >= 0.3 is 0 Å². The van der Waals surface area contributed by atoms with Crippen molar-refractivity contribution in [2.24, 2.45) is 5.92 Å². The fraction of sp³-hybridized carbons (Fsp3) is 0.471. The van der Waals surface area contributed by atoms with Gasteiger partial charge < -0.3 is 19.5 Å². The molecule has 134 valence electrons. The summed E-state index contributed by atoms with van der Waals surface area (Å²) in [6.07, 6.45) is 1.66. The van der Waals surface area contributed by atoms with Crippen LogP contribution in [0.25, 0.3) is 11.1 Å². The molecular weight excluding hydrogens is 344 g/mol. The number of benzene rings is 1. The van der Waals surface area contributed by atoms with Crippen LogP contribution in [0.3, 0.4) is 0 Å². The molecule has 0 aliphatic carbocycles. The van der Waals surface area contributed by atoms with E-state index in [1.165, 1.54) is 4.90 Å². The average molecular weight is 365 g/mol. The number of nitrogens with zero attached hydrogens (tertiary/aromatic N) is 3. The molecule has 0 spiro atoms. The van der Waals surface area contributed by atoms with Crippen LogP contribution in [0.5, 0.6) is 0 Å². The molecule has 25 heavy (non-hydrogen) atoms. The Labute approximate surface area is 150 Å². The van der Waals surface area contributed by atoms with Crippen molar-refractivity contribution in [1.82, 2.24) is 15.2 Å². The number of aromatic nitrogens is 1. The molecule has 0 saturated carbocycles. The maximum Gasteiger partial charge on any atom is 0.298 e. The number of halogens is 1. The Morgan fingerprint density at radius 3 is 3.04 bits per heavy atom. The predicted molar refractivity (Wildman–Crippen MR) is 95.7 cm³/mol. The third-order valence-corrected chi connectivity index (χ3v) is 4.65. The van der Waals surface area contributed by atoms with Crippen LogP contribution in [-0.4, -0.2) is 55.4 Å². The number of hydrogen-bond donors (Lipinski definition) is 1. The summed E-state index contributed by atoms with van der Waals surface area (Å²) < 4.78 is 5.80. The third-order valence-electron chi connectivity index (χ3n) is 4.42. The Morgan fingerprint density at radius 2 is 2.28 bits per heavy atom. The van der Waals surface area contributed by atoms with Gasteiger partial charge in [-0.2, -0.15) is 4.98 Å². The zero-order chi connectivity index (χ0) is 18.0. The minimum atomic E-state index is -0.181. The lowest BCUT2D eigenvalue weighted by Crippen LogP contribution is -2.46. The van der Waals surface area contributed by atoms with Gasteiger partial charge in [0.1, 0.15) is 5.52 Å². The molecule has 2 heterocycles. The molecule has 1 aliphatic heterocycles. The first kappa shape index (κ1) is 17.5. The number of oxazole rings is 1. The molecule has 8 heteroatoms. The van der Waals surface area contributed by atoms with Crippen molar-refractivity contribution >= 4 is 40.5 Å². The van der Waals surface area contributed by atoms with Crippen LogP contribution in [-0.2, 0) is 9.59 Å². The molecule has 2 aromatic rings. The third kappa shape index (κ3) is 3.87. The molecule has 1 fully saturated rings. The Kier molecular flexibility index (Phi) is 5.13. The van der Waals surface area contributed by atoms with Crippen molar-refractivity contribution < 1.29 is 14.0 Å². The van der Waals surface area contributed by atoms with Gasteiger partial charge in [-0.3, -0.25) is 9.59 Å². The number of likely N-dealkylation sites (N-methyl/N-ethyl adjacent to an activating group) is 2. The number of nitrogens with one attached hydrogen (secondary N) is 1. The van der Waals surface area contributed by atoms with E-state index in [0.29, 0.717) is 28.7 Å². The quantitative estimate of drug-likeness (QED) is 0.896. The maximum atomic E-state index is 12.6. The van der Waals surface area contributed by atoms with Gasteiger partial charge in [0.15, 0.2) is 5.58 Å². The highest BCUT2D eigenvalue weighted by atomic mass is 35.5. The Morgan fingerprint density at radius 1 is 1.48 bits per heavy atom. The van der Waals surface area contributed by atoms with Gasteiger partial charge in [0.2, 0.25) is 11.8 Å². The monoisotopic (exact) mass is 364 g/mol. The van der Waals surface area contributed by atoms with Crippen molar-refractivity contribution in [1.29, 1.82) is 0 Å². The second-order valence-electron chi connectivity index (χ2n) is 6.26. The van der Waals surface area contributed by atoms with Crippen LogP contribution in [0.1, 0.15) is 12.8 Å². The van der Waals surface area contributed by atoms with Crippen LogP contribution < -0.4 is 10.2 Å². The number of hydrogen-bond acceptors (Lipinski definition) is 5. The number of carbonyl (C=O) groups is 2. The first-order valence-electron chi connectivity index (χ1n) is 8.24. The number of anilines is 1. The van der Waals surface area contributed by atoms with Crippen molar-refractivity contribution in [3.05, 3.63) is 23.2 Å². The van der Waals surface area contributed by atoms with E-state index in [4.69, 9.17) is 16.0 Å². The van der Waals surface area contributed by atoms with E-state index in [9.17, 15) is 9.59 Å². The summed E-state index contributed by atoms with van der Waals surface area (Å²) in [7, 11) is 3.21. The molecule has 1 unspecified atom stereocenters. The molecule has 1 atom stereocenters. The standard InChI is InChI=1S/C17H21ClN4O3/c1-19-15(23)10-21(2)16(24)11-4-3-7-22(9-11)17-20-13-8-12(18)5-6-14(13)25-17/h5-6,8,11H,3-4,7,9-10H2,1-2H3,(H,19,23). The second kappa shape index (κ2) is 7.31. The number of amides is 2. The lowest BCUT2D eigenvalue weighted by Gasteiger charge is -2.32. The number of carbonyl (C=O) groups excluding carboxylic acids is 2. The first-order chi connectivity index (χ1) is 12.0. The summed E-state index contributed by atoms with van der Waals surface area (Å²) >= 11 is 5.99. The Balaban J connectivity index is 1.71. The maximum absolute atomic E-state index is 12.6. The minimum absolute atomic E-state index is 0.0348. The van der Waals surface area contributed by atoms with E-state index in [-0.39, 0.29) is 24.3 Å². The van der Waals surface area contributed by atoms with E-state index in [0.717, 1.165) is 19.4 Å². The lowest BCUT2D eigenvalue weighted by atomic mass is 9.97. The number of piperidine rings is 1. The van der Waals surface area contributed by atoms with Crippen LogP contribution in [0, 0.1) is 5.92 Å². The molecule has 0 bridgehead atoms. The summed E-state index contributed by atoms with van der Waals surface area (Å²) in [5.41, 5.74) is 1.37. The molecule has 1 aromatic heterocycles. The van der Waals surface area contributed by atoms with E-state index in [1.54, 1.807) is 32.3 Å². The van der Waals surface area contributed by atoms with Gasteiger partial charge in [-0.25, -0.2) is 0 Å². The normalized spacial score (nSPS) is 17.6. The Bertz CT molecular complexity index is 791. The zero-order valence-corrected chi connectivity index (χ0v) is 15.0. The molecule has 7 nitrogen and oxygen atoms in total. The van der Waals surface area contributed by atoms with Gasteiger partial charge in [0, 0.05) is 32.2 Å². The molecule has 1 saturated heterocycles. The number of fused-ring (bicyclic) bond motifs is 1. The van der Waals surface area contributed by atoms with Gasteiger partial charge in [-0.05, 0) is 31.0 Å². The van der Waals surface area contributed by atoms with Crippen LogP contribution in [0.15, 0.2) is 22.6 Å². The summed E-state index contributed by atoms with van der Waals surface area (Å²) in [4.78, 5) is 32.0. The smallest absolute Gasteiger partial charge is 0.298 e. The second-order valence-corrected chi connectivity index (χ2v) is 6.70. The molecule has 1 aliphatic rings. The van der Waals surface area contributed by atoms with E-state index in [1.807, 2.05) is 4.90 Å². The highest BCUT2D eigenvalue weighted by Gasteiger charge is 2.30. The summed E-state index contributed by atoms with van der Waals surface area (Å²) in [6, 6.07) is 5.81. The van der Waals surface area contributed by atoms with Crippen molar-refractivity contribution in [2.75, 3.05) is 38.6 Å². The van der Waals surface area contributed by atoms with Gasteiger partial charge in [-0.1, -0.05) is 11.6 Å². The van der Waals surface area contributed by atoms with Gasteiger partial charge in [0.05, 0.1) is 12.5 Å². The molecule has 0 radical (unpaired) electrons. The fourth-order valence-corrected chi connectivity index (χ4v) is 3.23. The van der Waals surface area contributed by atoms with Crippen LogP contribution in [0.2, 0.25) is 5.02 Å². The summed E-state index contributed by atoms with van der Waals surface area (Å²) in [6.45, 7) is 1.37. The van der Waals surface area contributed by atoms with Crippen molar-refractivity contribution in [3.8, 4) is 0 Å². The van der Waals surface area contributed by atoms with Crippen molar-refractivity contribution in [3.63, 3.8) is 0 Å². The highest BCUT2D eigenvalue weighted by molar-refractivity contribution is 6.31. The molecule has 1 aromatic carbocycles.